The van der Waals surface area contributed by atoms with Crippen molar-refractivity contribution in [3.8, 4) is 16.9 Å². The number of pyridine rings is 1. The second-order valence-corrected chi connectivity index (χ2v) is 9.70. The SMILES string of the molecule is Cc1cc(C(F)(F)F)cc(=O)[nH]1.Cc1ccc(-c2cc(C(F)(F)F)nn2-c2ccc(S(N)(=O)=O)cc2)cc1. The number of nitrogens with two attached hydrogens (primary N) is 1. The van der Waals surface area contributed by atoms with E-state index < -0.39 is 39.2 Å². The Morgan fingerprint density at radius 2 is 1.42 bits per heavy atom. The molecule has 0 saturated carbocycles. The fourth-order valence-electron chi connectivity index (χ4n) is 3.27. The summed E-state index contributed by atoms with van der Waals surface area (Å²) in [6.07, 6.45) is -9.05. The number of alkyl halides is 6. The van der Waals surface area contributed by atoms with E-state index in [1.54, 1.807) is 24.3 Å². The maximum absolute atomic E-state index is 13.1. The van der Waals surface area contributed by atoms with E-state index in [1.165, 1.54) is 31.2 Å². The van der Waals surface area contributed by atoms with E-state index in [4.69, 9.17) is 5.14 Å². The predicted octanol–water partition coefficient (Wildman–Crippen LogP) is 5.22. The number of halogens is 6. The molecule has 202 valence electrons. The topological polar surface area (TPSA) is 111 Å². The summed E-state index contributed by atoms with van der Waals surface area (Å²) in [5.41, 5.74) is -0.448. The minimum atomic E-state index is -4.61. The molecule has 4 rings (SSSR count). The second-order valence-electron chi connectivity index (χ2n) is 8.14. The first-order valence-corrected chi connectivity index (χ1v) is 12.2. The summed E-state index contributed by atoms with van der Waals surface area (Å²) < 4.78 is 99.2. The number of sulfonamides is 1. The number of H-pyrrole nitrogens is 1. The number of nitrogens with one attached hydrogen (secondary N) is 1. The standard InChI is InChI=1S/C17H14F3N3O2S.C7H6F3NO/c1-11-2-4-12(5-3-11)15-10-16(17(18,19)20)22-23(15)13-6-8-14(9-7-13)26(21,24)25;1-4-2-5(7(8,9)10)3-6(12)11-4/h2-10H,1H3,(H2,21,24,25);2-3H,1H3,(H,11,12). The molecule has 0 aliphatic carbocycles. The van der Waals surface area contributed by atoms with Gasteiger partial charge in [0.25, 0.3) is 0 Å². The molecule has 0 fully saturated rings. The van der Waals surface area contributed by atoms with Gasteiger partial charge < -0.3 is 4.98 Å². The van der Waals surface area contributed by atoms with E-state index in [0.717, 1.165) is 22.4 Å². The molecule has 0 aliphatic rings. The third-order valence-corrected chi connectivity index (χ3v) is 5.99. The van der Waals surface area contributed by atoms with Crippen molar-refractivity contribution in [2.24, 2.45) is 5.14 Å². The van der Waals surface area contributed by atoms with Crippen molar-refractivity contribution in [1.29, 1.82) is 0 Å². The van der Waals surface area contributed by atoms with Crippen LogP contribution in [-0.4, -0.2) is 23.2 Å². The summed E-state index contributed by atoms with van der Waals surface area (Å²) >= 11 is 0. The molecule has 2 heterocycles. The summed E-state index contributed by atoms with van der Waals surface area (Å²) in [6, 6.07) is 14.5. The maximum atomic E-state index is 13.1. The second kappa shape index (κ2) is 10.5. The number of benzene rings is 2. The number of primary sulfonamides is 1. The zero-order valence-electron chi connectivity index (χ0n) is 19.7. The summed E-state index contributed by atoms with van der Waals surface area (Å²) in [6.45, 7) is 3.27. The van der Waals surface area contributed by atoms with Crippen molar-refractivity contribution in [3.63, 3.8) is 0 Å². The monoisotopic (exact) mass is 558 g/mol. The van der Waals surface area contributed by atoms with E-state index in [2.05, 4.69) is 10.1 Å². The molecule has 0 aliphatic heterocycles. The average Bonchev–Trinajstić information content (AvgIpc) is 3.24. The van der Waals surface area contributed by atoms with Crippen LogP contribution in [-0.2, 0) is 22.4 Å². The minimum absolute atomic E-state index is 0.138. The summed E-state index contributed by atoms with van der Waals surface area (Å²) in [5, 5.41) is 8.70. The minimum Gasteiger partial charge on any atom is -0.326 e. The van der Waals surface area contributed by atoms with Crippen LogP contribution in [0.15, 0.2) is 76.4 Å². The molecule has 0 radical (unpaired) electrons. The van der Waals surface area contributed by atoms with Gasteiger partial charge in [-0.05, 0) is 50.2 Å². The average molecular weight is 559 g/mol. The van der Waals surface area contributed by atoms with Crippen LogP contribution in [0.5, 0.6) is 0 Å². The molecule has 7 nitrogen and oxygen atoms in total. The van der Waals surface area contributed by atoms with Crippen molar-refractivity contribution in [3.05, 3.63) is 99.6 Å². The van der Waals surface area contributed by atoms with Gasteiger partial charge in [0.15, 0.2) is 5.69 Å². The Morgan fingerprint density at radius 3 is 1.89 bits per heavy atom. The van der Waals surface area contributed by atoms with Crippen LogP contribution in [0.1, 0.15) is 22.5 Å². The predicted molar refractivity (Wildman–Crippen MR) is 127 cm³/mol. The van der Waals surface area contributed by atoms with Crippen LogP contribution in [0.4, 0.5) is 26.3 Å². The van der Waals surface area contributed by atoms with Gasteiger partial charge in [-0.2, -0.15) is 31.4 Å². The van der Waals surface area contributed by atoms with Gasteiger partial charge in [-0.15, -0.1) is 0 Å². The number of aromatic amines is 1. The molecule has 0 atom stereocenters. The summed E-state index contributed by atoms with van der Waals surface area (Å²) in [5.74, 6) is 0. The largest absolute Gasteiger partial charge is 0.435 e. The maximum Gasteiger partial charge on any atom is 0.435 e. The molecule has 0 amide bonds. The van der Waals surface area contributed by atoms with Crippen molar-refractivity contribution in [2.75, 3.05) is 0 Å². The Hall–Kier alpha value is -3.91. The molecule has 2 aromatic heterocycles. The van der Waals surface area contributed by atoms with E-state index in [9.17, 15) is 39.6 Å². The van der Waals surface area contributed by atoms with Crippen LogP contribution in [0.3, 0.4) is 0 Å². The lowest BCUT2D eigenvalue weighted by Crippen LogP contribution is -2.13. The highest BCUT2D eigenvalue weighted by atomic mass is 32.2. The van der Waals surface area contributed by atoms with Crippen molar-refractivity contribution in [2.45, 2.75) is 31.1 Å². The first-order valence-electron chi connectivity index (χ1n) is 10.6. The van der Waals surface area contributed by atoms with Crippen LogP contribution >= 0.6 is 0 Å². The number of nitrogens with zero attached hydrogens (tertiary/aromatic N) is 2. The fraction of sp³-hybridized carbons (Fsp3) is 0.167. The van der Waals surface area contributed by atoms with Gasteiger partial charge in [-0.3, -0.25) is 4.79 Å². The van der Waals surface area contributed by atoms with Gasteiger partial charge in [0.1, 0.15) is 0 Å². The zero-order valence-corrected chi connectivity index (χ0v) is 20.5. The highest BCUT2D eigenvalue weighted by Gasteiger charge is 2.35. The Balaban J connectivity index is 0.000000279. The molecule has 2 aromatic carbocycles. The molecule has 4 aromatic rings. The Bertz CT molecular complexity index is 1590. The molecule has 0 bridgehead atoms. The molecule has 14 heteroatoms. The summed E-state index contributed by atoms with van der Waals surface area (Å²) in [4.78, 5) is 12.7. The van der Waals surface area contributed by atoms with E-state index in [0.29, 0.717) is 11.6 Å². The van der Waals surface area contributed by atoms with Crippen LogP contribution < -0.4 is 10.7 Å². The molecule has 0 unspecified atom stereocenters. The molecule has 3 N–H and O–H groups in total. The first-order chi connectivity index (χ1) is 17.4. The van der Waals surface area contributed by atoms with Gasteiger partial charge >= 0.3 is 12.4 Å². The van der Waals surface area contributed by atoms with Gasteiger partial charge in [0.2, 0.25) is 15.6 Å². The Kier molecular flexibility index (Phi) is 7.88. The highest BCUT2D eigenvalue weighted by molar-refractivity contribution is 7.89. The third-order valence-electron chi connectivity index (χ3n) is 5.06. The summed E-state index contributed by atoms with van der Waals surface area (Å²) in [7, 11) is -3.90. The van der Waals surface area contributed by atoms with Crippen molar-refractivity contribution < 1.29 is 34.8 Å². The van der Waals surface area contributed by atoms with Crippen LogP contribution in [0.25, 0.3) is 16.9 Å². The normalized spacial score (nSPS) is 12.1. The molecule has 0 spiro atoms. The number of aryl methyl sites for hydroxylation is 2. The van der Waals surface area contributed by atoms with Gasteiger partial charge in [0, 0.05) is 17.3 Å². The number of hydrogen-bond donors (Lipinski definition) is 2. The highest BCUT2D eigenvalue weighted by Crippen LogP contribution is 2.33. The Labute approximate surface area is 212 Å². The lowest BCUT2D eigenvalue weighted by atomic mass is 10.1. The zero-order chi connectivity index (χ0) is 28.5. The third kappa shape index (κ3) is 7.10. The molecular formula is C24H20F6N4O3S. The van der Waals surface area contributed by atoms with Gasteiger partial charge in [-0.1, -0.05) is 29.8 Å². The fourth-order valence-corrected chi connectivity index (χ4v) is 3.79. The first kappa shape index (κ1) is 28.7. The van der Waals surface area contributed by atoms with E-state index in [1.807, 2.05) is 6.92 Å². The quantitative estimate of drug-likeness (QED) is 0.336. The smallest absolute Gasteiger partial charge is 0.326 e. The van der Waals surface area contributed by atoms with Crippen molar-refractivity contribution in [1.82, 2.24) is 14.8 Å². The van der Waals surface area contributed by atoms with Crippen molar-refractivity contribution >= 4 is 10.0 Å². The molecule has 38 heavy (non-hydrogen) atoms. The van der Waals surface area contributed by atoms with E-state index >= 15 is 0 Å². The number of hydrogen-bond acceptors (Lipinski definition) is 4. The van der Waals surface area contributed by atoms with Gasteiger partial charge in [0.05, 0.1) is 21.8 Å². The van der Waals surface area contributed by atoms with Gasteiger partial charge in [-0.25, -0.2) is 18.2 Å². The Morgan fingerprint density at radius 1 is 0.842 bits per heavy atom. The number of rotatable bonds is 3. The number of aromatic nitrogens is 3. The van der Waals surface area contributed by atoms with Crippen LogP contribution in [0.2, 0.25) is 0 Å². The lowest BCUT2D eigenvalue weighted by Gasteiger charge is -2.09. The lowest BCUT2D eigenvalue weighted by molar-refractivity contribution is -0.141. The molecular weight excluding hydrogens is 538 g/mol. The molecule has 0 saturated heterocycles. The van der Waals surface area contributed by atoms with E-state index in [-0.39, 0.29) is 22.0 Å². The van der Waals surface area contributed by atoms with Crippen LogP contribution in [0, 0.1) is 13.8 Å².